The predicted octanol–water partition coefficient (Wildman–Crippen LogP) is 7.08. The molecule has 0 fully saturated rings. The van der Waals surface area contributed by atoms with Gasteiger partial charge in [-0.2, -0.15) is 22.0 Å². The average molecular weight is 517 g/mol. The van der Waals surface area contributed by atoms with Crippen LogP contribution in [0.2, 0.25) is 18.1 Å². The molecule has 0 aromatic heterocycles. The summed E-state index contributed by atoms with van der Waals surface area (Å²) in [7, 11) is -2.35. The van der Waals surface area contributed by atoms with Crippen LogP contribution in [0.1, 0.15) is 38.3 Å². The molecule has 3 aliphatic rings. The highest BCUT2D eigenvalue weighted by Crippen LogP contribution is 2.49. The molecular formula is C24H26F6N2O2Si. The van der Waals surface area contributed by atoms with Crippen LogP contribution in [0, 0.1) is 5.82 Å². The fourth-order valence-corrected chi connectivity index (χ4v) is 5.16. The lowest BCUT2D eigenvalue weighted by molar-refractivity contribution is -0.0981. The van der Waals surface area contributed by atoms with E-state index in [-0.39, 0.29) is 29.4 Å². The minimum absolute atomic E-state index is 0.105. The predicted molar refractivity (Wildman–Crippen MR) is 122 cm³/mol. The fraction of sp³-hybridized carbons (Fsp3) is 0.458. The van der Waals surface area contributed by atoms with Crippen molar-refractivity contribution in [1.82, 2.24) is 4.90 Å². The van der Waals surface area contributed by atoms with Crippen LogP contribution in [0.5, 0.6) is 0 Å². The lowest BCUT2D eigenvalue weighted by Gasteiger charge is -2.40. The third-order valence-corrected chi connectivity index (χ3v) is 11.3. The van der Waals surface area contributed by atoms with Gasteiger partial charge < -0.3 is 14.1 Å². The molecule has 35 heavy (non-hydrogen) atoms. The van der Waals surface area contributed by atoms with Crippen molar-refractivity contribution in [3.63, 3.8) is 0 Å². The maximum atomic E-state index is 15.2. The Balaban J connectivity index is 1.80. The quantitative estimate of drug-likeness (QED) is 0.317. The number of aliphatic imine (C=N–C) groups is 1. The molecule has 0 saturated carbocycles. The van der Waals surface area contributed by atoms with Gasteiger partial charge in [0, 0.05) is 12.6 Å². The van der Waals surface area contributed by atoms with Gasteiger partial charge in [0.25, 0.3) is 0 Å². The maximum Gasteiger partial charge on any atom is 0.417 e. The third-order valence-electron chi connectivity index (χ3n) is 6.93. The number of allylic oxidation sites excluding steroid dienone is 2. The zero-order chi connectivity index (χ0) is 26.0. The van der Waals surface area contributed by atoms with Gasteiger partial charge in [0.15, 0.2) is 11.6 Å². The van der Waals surface area contributed by atoms with Gasteiger partial charge in [-0.3, -0.25) is 4.99 Å². The SMILES string of the molecule is CC(C)(C)[Si](C)(C)OC1=CC[C@@]2(CN3C=C(C(F)(F)F)C=C(OC(F)F)C3=N2)c2cccc(F)c21. The number of hydrogen-bond donors (Lipinski definition) is 0. The highest BCUT2D eigenvalue weighted by Gasteiger charge is 2.49. The second-order valence-corrected chi connectivity index (χ2v) is 15.1. The molecule has 1 spiro atoms. The van der Waals surface area contributed by atoms with Crippen LogP contribution in [-0.2, 0) is 14.7 Å². The Morgan fingerprint density at radius 1 is 1.11 bits per heavy atom. The summed E-state index contributed by atoms with van der Waals surface area (Å²) in [6.45, 7) is 6.76. The van der Waals surface area contributed by atoms with E-state index in [1.54, 1.807) is 12.1 Å². The molecule has 0 saturated heterocycles. The fourth-order valence-electron chi connectivity index (χ4n) is 4.12. The van der Waals surface area contributed by atoms with Gasteiger partial charge in [0.1, 0.15) is 17.1 Å². The van der Waals surface area contributed by atoms with E-state index in [1.807, 2.05) is 13.1 Å². The summed E-state index contributed by atoms with van der Waals surface area (Å²) in [4.78, 5) is 5.70. The molecule has 190 valence electrons. The second-order valence-electron chi connectivity index (χ2n) is 10.4. The molecule has 11 heteroatoms. The Hall–Kier alpha value is -2.69. The van der Waals surface area contributed by atoms with Crippen LogP contribution in [0.15, 0.2) is 52.9 Å². The monoisotopic (exact) mass is 516 g/mol. The van der Waals surface area contributed by atoms with Crippen LogP contribution in [0.25, 0.3) is 5.76 Å². The lowest BCUT2D eigenvalue weighted by Crippen LogP contribution is -2.41. The van der Waals surface area contributed by atoms with Crippen molar-refractivity contribution < 1.29 is 35.5 Å². The first-order valence-corrected chi connectivity index (χ1v) is 14.0. The van der Waals surface area contributed by atoms with Crippen molar-refractivity contribution in [3.05, 3.63) is 64.8 Å². The first kappa shape index (κ1) is 25.4. The molecule has 4 nitrogen and oxygen atoms in total. The van der Waals surface area contributed by atoms with Gasteiger partial charge in [-0.25, -0.2) is 4.39 Å². The molecule has 2 aliphatic heterocycles. The van der Waals surface area contributed by atoms with Crippen LogP contribution >= 0.6 is 0 Å². The second kappa shape index (κ2) is 8.18. The number of hydrogen-bond acceptors (Lipinski definition) is 4. The van der Waals surface area contributed by atoms with Crippen molar-refractivity contribution in [3.8, 4) is 0 Å². The van der Waals surface area contributed by atoms with Crippen molar-refractivity contribution >= 4 is 19.9 Å². The van der Waals surface area contributed by atoms with Crippen LogP contribution < -0.4 is 0 Å². The number of fused-ring (bicyclic) bond motifs is 3. The van der Waals surface area contributed by atoms with Gasteiger partial charge in [-0.15, -0.1) is 0 Å². The Morgan fingerprint density at radius 3 is 2.40 bits per heavy atom. The Morgan fingerprint density at radius 2 is 1.80 bits per heavy atom. The van der Waals surface area contributed by atoms with E-state index in [9.17, 15) is 22.0 Å². The molecule has 2 heterocycles. The average Bonchev–Trinajstić information content (AvgIpc) is 3.08. The molecule has 4 rings (SSSR count). The van der Waals surface area contributed by atoms with Crippen molar-refractivity contribution in [2.24, 2.45) is 4.99 Å². The molecule has 0 bridgehead atoms. The Labute approximate surface area is 200 Å². The van der Waals surface area contributed by atoms with E-state index in [0.29, 0.717) is 17.4 Å². The lowest BCUT2D eigenvalue weighted by atomic mass is 9.79. The molecule has 0 N–H and O–H groups in total. The van der Waals surface area contributed by atoms with Crippen molar-refractivity contribution in [2.75, 3.05) is 6.54 Å². The number of benzene rings is 1. The van der Waals surface area contributed by atoms with E-state index in [0.717, 1.165) is 11.1 Å². The van der Waals surface area contributed by atoms with Gasteiger partial charge in [-0.05, 0) is 41.9 Å². The Bertz CT molecular complexity index is 1160. The highest BCUT2D eigenvalue weighted by molar-refractivity contribution is 6.74. The number of ether oxygens (including phenoxy) is 1. The summed E-state index contributed by atoms with van der Waals surface area (Å²) in [5.41, 5.74) is -1.73. The van der Waals surface area contributed by atoms with Gasteiger partial charge in [0.05, 0.1) is 17.7 Å². The zero-order valence-corrected chi connectivity index (χ0v) is 20.9. The molecule has 1 aromatic rings. The number of rotatable bonds is 4. The minimum atomic E-state index is -4.78. The van der Waals surface area contributed by atoms with Gasteiger partial charge in [0.2, 0.25) is 8.32 Å². The van der Waals surface area contributed by atoms with E-state index in [4.69, 9.17) is 4.43 Å². The normalized spacial score (nSPS) is 22.3. The zero-order valence-electron chi connectivity index (χ0n) is 19.9. The molecule has 1 aromatic carbocycles. The standard InChI is InChI=1S/C24H26F6N2O2Si/c1-22(2,3)35(4,5)34-17-9-10-23(15-7-6-8-16(25)19(15)17)13-32-12-14(24(28,29)30)11-18(20(32)31-23)33-21(26)27/h6-9,11-12,21H,10,13H2,1-5H3/t23-/m1/s1. The number of alkyl halides is 5. The van der Waals surface area contributed by atoms with E-state index in [1.165, 1.54) is 12.1 Å². The van der Waals surface area contributed by atoms with Gasteiger partial charge >= 0.3 is 12.8 Å². The maximum absolute atomic E-state index is 15.2. The summed E-state index contributed by atoms with van der Waals surface area (Å²) in [6, 6.07) is 4.42. The topological polar surface area (TPSA) is 34.1 Å². The van der Waals surface area contributed by atoms with Crippen molar-refractivity contribution in [1.29, 1.82) is 0 Å². The molecule has 1 atom stereocenters. The highest BCUT2D eigenvalue weighted by atomic mass is 28.4. The van der Waals surface area contributed by atoms with Crippen LogP contribution in [0.4, 0.5) is 26.3 Å². The van der Waals surface area contributed by atoms with E-state index < -0.39 is 43.8 Å². The van der Waals surface area contributed by atoms with E-state index in [2.05, 4.69) is 30.5 Å². The molecule has 1 aliphatic carbocycles. The van der Waals surface area contributed by atoms with Crippen molar-refractivity contribution in [2.45, 2.75) is 63.7 Å². The Kier molecular flexibility index (Phi) is 5.93. The summed E-state index contributed by atoms with van der Waals surface area (Å²) in [6.07, 6.45) is -1.57. The molecule has 0 unspecified atom stereocenters. The molecule has 0 amide bonds. The largest absolute Gasteiger partial charge is 0.543 e. The van der Waals surface area contributed by atoms with Gasteiger partial charge in [-0.1, -0.05) is 32.9 Å². The summed E-state index contributed by atoms with van der Waals surface area (Å²) in [5, 5.41) is -0.159. The molecule has 0 radical (unpaired) electrons. The number of halogens is 6. The minimum Gasteiger partial charge on any atom is -0.543 e. The van der Waals surface area contributed by atoms with Crippen LogP contribution in [-0.4, -0.2) is 38.4 Å². The number of amidine groups is 1. The third kappa shape index (κ3) is 4.50. The summed E-state index contributed by atoms with van der Waals surface area (Å²) < 4.78 is 92.4. The van der Waals surface area contributed by atoms with E-state index >= 15 is 4.39 Å². The van der Waals surface area contributed by atoms with Crippen LogP contribution in [0.3, 0.4) is 0 Å². The molecular weight excluding hydrogens is 490 g/mol. The smallest absolute Gasteiger partial charge is 0.417 e. The number of nitrogens with zero attached hydrogens (tertiary/aromatic N) is 2. The summed E-state index contributed by atoms with van der Waals surface area (Å²) in [5.74, 6) is -1.03. The first-order chi connectivity index (χ1) is 16.0. The first-order valence-electron chi connectivity index (χ1n) is 11.0. The summed E-state index contributed by atoms with van der Waals surface area (Å²) >= 11 is 0.